The molecule has 0 fully saturated rings. The number of anilines is 2. The van der Waals surface area contributed by atoms with Crippen LogP contribution in [-0.4, -0.2) is 21.0 Å². The van der Waals surface area contributed by atoms with E-state index in [1.165, 1.54) is 18.3 Å². The van der Waals surface area contributed by atoms with Crippen LogP contribution in [0.15, 0.2) is 24.4 Å². The van der Waals surface area contributed by atoms with E-state index in [1.54, 1.807) is 0 Å². The fraction of sp³-hybridized carbons (Fsp3) is 0.214. The van der Waals surface area contributed by atoms with Gasteiger partial charge in [0.2, 0.25) is 0 Å². The Kier molecular flexibility index (Phi) is 4.37. The summed E-state index contributed by atoms with van der Waals surface area (Å²) in [6.45, 7) is 3.72. The molecule has 5 nitrogen and oxygen atoms in total. The number of nitrogens with zero attached hydrogens (tertiary/aromatic N) is 2. The summed E-state index contributed by atoms with van der Waals surface area (Å²) in [7, 11) is 0. The number of benzene rings is 1. The number of carboxylic acids is 1. The molecule has 0 saturated carbocycles. The Morgan fingerprint density at radius 1 is 1.38 bits per heavy atom. The number of carboxylic acid groups (broad SMARTS) is 1. The lowest BCUT2D eigenvalue weighted by molar-refractivity contribution is 0.0691. The molecule has 1 heterocycles. The highest BCUT2D eigenvalue weighted by Crippen LogP contribution is 2.24. The highest BCUT2D eigenvalue weighted by molar-refractivity contribution is 6.30. The maximum Gasteiger partial charge on any atom is 0.356 e. The van der Waals surface area contributed by atoms with Crippen molar-refractivity contribution in [2.75, 3.05) is 5.32 Å². The van der Waals surface area contributed by atoms with Crippen LogP contribution >= 0.6 is 11.6 Å². The molecular formula is C14H13ClFN3O2. The van der Waals surface area contributed by atoms with Crippen LogP contribution in [0.2, 0.25) is 5.02 Å². The molecule has 0 spiro atoms. The third kappa shape index (κ3) is 3.66. The summed E-state index contributed by atoms with van der Waals surface area (Å²) in [6.07, 6.45) is 1.37. The van der Waals surface area contributed by atoms with Crippen LogP contribution in [0.5, 0.6) is 0 Å². The second kappa shape index (κ2) is 6.05. The predicted octanol–water partition coefficient (Wildman–Crippen LogP) is 3.83. The monoisotopic (exact) mass is 309 g/mol. The molecule has 0 aliphatic carbocycles. The molecular weight excluding hydrogens is 297 g/mol. The first kappa shape index (κ1) is 15.2. The van der Waals surface area contributed by atoms with Gasteiger partial charge in [0.15, 0.2) is 5.69 Å². The van der Waals surface area contributed by atoms with Crippen LogP contribution in [0.25, 0.3) is 0 Å². The van der Waals surface area contributed by atoms with E-state index in [0.717, 1.165) is 6.07 Å². The minimum absolute atomic E-state index is 0.000708. The lowest BCUT2D eigenvalue weighted by Crippen LogP contribution is -2.10. The highest BCUT2D eigenvalue weighted by Gasteiger charge is 2.16. The molecule has 0 atom stereocenters. The van der Waals surface area contributed by atoms with Crippen molar-refractivity contribution >= 4 is 28.9 Å². The standard InChI is InChI=1S/C14H13ClFN3O2/c1-7(2)13-17-6-11(12(19-13)14(20)21)18-10-4-8(15)3-9(16)5-10/h3-7,18H,1-2H3,(H,20,21). The van der Waals surface area contributed by atoms with Gasteiger partial charge in [0.05, 0.1) is 11.9 Å². The van der Waals surface area contributed by atoms with Crippen molar-refractivity contribution in [1.82, 2.24) is 9.97 Å². The van der Waals surface area contributed by atoms with Gasteiger partial charge in [-0.15, -0.1) is 0 Å². The van der Waals surface area contributed by atoms with Gasteiger partial charge in [-0.3, -0.25) is 0 Å². The summed E-state index contributed by atoms with van der Waals surface area (Å²) < 4.78 is 13.3. The number of nitrogens with one attached hydrogen (secondary N) is 1. The molecule has 2 rings (SSSR count). The van der Waals surface area contributed by atoms with Gasteiger partial charge in [0.1, 0.15) is 11.6 Å². The summed E-state index contributed by atoms with van der Waals surface area (Å²) in [5.41, 5.74) is 0.325. The SMILES string of the molecule is CC(C)c1ncc(Nc2cc(F)cc(Cl)c2)c(C(=O)O)n1. The average molecular weight is 310 g/mol. The normalized spacial score (nSPS) is 10.7. The fourth-order valence-corrected chi connectivity index (χ4v) is 1.93. The number of aromatic nitrogens is 2. The van der Waals surface area contributed by atoms with Crippen LogP contribution in [0.4, 0.5) is 15.8 Å². The first-order valence-electron chi connectivity index (χ1n) is 6.20. The summed E-state index contributed by atoms with van der Waals surface area (Å²) >= 11 is 5.76. The third-order valence-electron chi connectivity index (χ3n) is 2.67. The summed E-state index contributed by atoms with van der Waals surface area (Å²) in [5, 5.41) is 12.2. The summed E-state index contributed by atoms with van der Waals surface area (Å²) in [6, 6.07) is 3.84. The van der Waals surface area contributed by atoms with Crippen molar-refractivity contribution in [3.05, 3.63) is 46.8 Å². The van der Waals surface area contributed by atoms with Crippen LogP contribution < -0.4 is 5.32 Å². The Balaban J connectivity index is 2.41. The molecule has 7 heteroatoms. The number of hydrogen-bond donors (Lipinski definition) is 2. The Bertz CT molecular complexity index is 672. The molecule has 1 aromatic carbocycles. The molecule has 0 aliphatic heterocycles. The van der Waals surface area contributed by atoms with E-state index in [0.29, 0.717) is 11.5 Å². The second-order valence-electron chi connectivity index (χ2n) is 4.73. The molecule has 1 aromatic heterocycles. The van der Waals surface area contributed by atoms with E-state index >= 15 is 0 Å². The van der Waals surface area contributed by atoms with Crippen molar-refractivity contribution in [3.8, 4) is 0 Å². The lowest BCUT2D eigenvalue weighted by atomic mass is 10.2. The van der Waals surface area contributed by atoms with E-state index in [4.69, 9.17) is 11.6 Å². The van der Waals surface area contributed by atoms with Crippen molar-refractivity contribution in [2.24, 2.45) is 0 Å². The Morgan fingerprint density at radius 2 is 2.10 bits per heavy atom. The third-order valence-corrected chi connectivity index (χ3v) is 2.89. The van der Waals surface area contributed by atoms with Gasteiger partial charge in [-0.2, -0.15) is 0 Å². The van der Waals surface area contributed by atoms with Crippen LogP contribution in [0, 0.1) is 5.82 Å². The minimum atomic E-state index is -1.19. The highest BCUT2D eigenvalue weighted by atomic mass is 35.5. The van der Waals surface area contributed by atoms with Gasteiger partial charge in [-0.25, -0.2) is 19.2 Å². The maximum atomic E-state index is 13.3. The number of halogens is 2. The summed E-state index contributed by atoms with van der Waals surface area (Å²) in [5.74, 6) is -1.29. The minimum Gasteiger partial charge on any atom is -0.476 e. The van der Waals surface area contributed by atoms with E-state index in [-0.39, 0.29) is 22.3 Å². The van der Waals surface area contributed by atoms with E-state index < -0.39 is 11.8 Å². The topological polar surface area (TPSA) is 75.1 Å². The predicted molar refractivity (Wildman–Crippen MR) is 77.8 cm³/mol. The maximum absolute atomic E-state index is 13.3. The molecule has 0 saturated heterocycles. The van der Waals surface area contributed by atoms with Crippen LogP contribution in [0.3, 0.4) is 0 Å². The van der Waals surface area contributed by atoms with Gasteiger partial charge in [0.25, 0.3) is 0 Å². The van der Waals surface area contributed by atoms with Crippen molar-refractivity contribution < 1.29 is 14.3 Å². The smallest absolute Gasteiger partial charge is 0.356 e. The van der Waals surface area contributed by atoms with E-state index in [2.05, 4.69) is 15.3 Å². The van der Waals surface area contributed by atoms with Crippen molar-refractivity contribution in [1.29, 1.82) is 0 Å². The van der Waals surface area contributed by atoms with Crippen LogP contribution in [-0.2, 0) is 0 Å². The number of carbonyl (C=O) groups is 1. The molecule has 0 bridgehead atoms. The second-order valence-corrected chi connectivity index (χ2v) is 5.17. The average Bonchev–Trinajstić information content (AvgIpc) is 2.37. The Morgan fingerprint density at radius 3 is 2.67 bits per heavy atom. The quantitative estimate of drug-likeness (QED) is 0.897. The lowest BCUT2D eigenvalue weighted by Gasteiger charge is -2.11. The first-order chi connectivity index (χ1) is 9.86. The molecule has 0 unspecified atom stereocenters. The first-order valence-corrected chi connectivity index (χ1v) is 6.58. The zero-order chi connectivity index (χ0) is 15.6. The Labute approximate surface area is 125 Å². The fourth-order valence-electron chi connectivity index (χ4n) is 1.71. The van der Waals surface area contributed by atoms with Gasteiger partial charge in [0, 0.05) is 16.6 Å². The van der Waals surface area contributed by atoms with E-state index in [9.17, 15) is 14.3 Å². The largest absolute Gasteiger partial charge is 0.476 e. The molecule has 2 N–H and O–H groups in total. The number of aromatic carboxylic acids is 1. The molecule has 0 amide bonds. The zero-order valence-corrected chi connectivity index (χ0v) is 12.1. The van der Waals surface area contributed by atoms with Gasteiger partial charge in [-0.05, 0) is 18.2 Å². The summed E-state index contributed by atoms with van der Waals surface area (Å²) in [4.78, 5) is 19.4. The number of rotatable bonds is 4. The Hall–Kier alpha value is -2.21. The zero-order valence-electron chi connectivity index (χ0n) is 11.4. The van der Waals surface area contributed by atoms with E-state index in [1.807, 2.05) is 13.8 Å². The van der Waals surface area contributed by atoms with Gasteiger partial charge >= 0.3 is 5.97 Å². The molecule has 21 heavy (non-hydrogen) atoms. The van der Waals surface area contributed by atoms with Crippen LogP contribution in [0.1, 0.15) is 36.1 Å². The molecule has 0 aliphatic rings. The molecule has 110 valence electrons. The molecule has 0 radical (unpaired) electrons. The molecule has 2 aromatic rings. The number of hydrogen-bond acceptors (Lipinski definition) is 4. The van der Waals surface area contributed by atoms with Gasteiger partial charge in [-0.1, -0.05) is 25.4 Å². The van der Waals surface area contributed by atoms with Crippen molar-refractivity contribution in [2.45, 2.75) is 19.8 Å². The van der Waals surface area contributed by atoms with Crippen molar-refractivity contribution in [3.63, 3.8) is 0 Å². The van der Waals surface area contributed by atoms with Gasteiger partial charge < -0.3 is 10.4 Å².